The van der Waals surface area contributed by atoms with Crippen LogP contribution in [0.15, 0.2) is 5.16 Å². The molecule has 1 N–H and O–H groups in total. The number of rotatable bonds is 2. The maximum absolute atomic E-state index is 10.8. The Morgan fingerprint density at radius 2 is 2.11 bits per heavy atom. The summed E-state index contributed by atoms with van der Waals surface area (Å²) in [6.45, 7) is 3.48. The SMILES string of the molecule is CS(=O)C(C)(C)/C=N\O. The smallest absolute Gasteiger partial charge is 0.0783 e. The largest absolute Gasteiger partial charge is 0.411 e. The van der Waals surface area contributed by atoms with Crippen molar-refractivity contribution in [3.05, 3.63) is 0 Å². The average molecular weight is 149 g/mol. The Labute approximate surface area is 57.2 Å². The Kier molecular flexibility index (Phi) is 2.84. The van der Waals surface area contributed by atoms with Crippen LogP contribution in [0.5, 0.6) is 0 Å². The quantitative estimate of drug-likeness (QED) is 0.355. The summed E-state index contributed by atoms with van der Waals surface area (Å²) in [7, 11) is -0.985. The standard InChI is InChI=1S/C5H11NO2S/c1-5(2,4-6-7)9(3)8/h4,7H,1-3H3/b6-4-. The molecule has 0 aromatic heterocycles. The Balaban J connectivity index is 4.19. The van der Waals surface area contributed by atoms with Gasteiger partial charge in [0.1, 0.15) is 0 Å². The maximum atomic E-state index is 10.8. The van der Waals surface area contributed by atoms with Crippen molar-refractivity contribution < 1.29 is 9.42 Å². The lowest BCUT2D eigenvalue weighted by molar-refractivity contribution is 0.319. The highest BCUT2D eigenvalue weighted by Gasteiger charge is 2.19. The molecule has 0 amide bonds. The molecule has 0 fully saturated rings. The fourth-order valence-corrected chi connectivity index (χ4v) is 0.409. The van der Waals surface area contributed by atoms with Gasteiger partial charge in [-0.1, -0.05) is 0 Å². The van der Waals surface area contributed by atoms with Crippen LogP contribution in [0.25, 0.3) is 0 Å². The van der Waals surface area contributed by atoms with E-state index >= 15 is 0 Å². The van der Waals surface area contributed by atoms with Crippen LogP contribution in [-0.2, 0) is 10.8 Å². The summed E-state index contributed by atoms with van der Waals surface area (Å²) in [6.07, 6.45) is 2.84. The van der Waals surface area contributed by atoms with Crippen molar-refractivity contribution in [2.24, 2.45) is 5.16 Å². The predicted molar refractivity (Wildman–Crippen MR) is 38.4 cm³/mol. The molecule has 0 rings (SSSR count). The van der Waals surface area contributed by atoms with Gasteiger partial charge in [-0.05, 0) is 13.8 Å². The molecule has 4 heteroatoms. The zero-order chi connectivity index (χ0) is 7.49. The van der Waals surface area contributed by atoms with Crippen molar-refractivity contribution >= 4 is 17.0 Å². The fourth-order valence-electron chi connectivity index (χ4n) is 0.213. The molecule has 0 radical (unpaired) electrons. The Morgan fingerprint density at radius 1 is 1.67 bits per heavy atom. The van der Waals surface area contributed by atoms with Gasteiger partial charge in [0.05, 0.1) is 11.0 Å². The van der Waals surface area contributed by atoms with Crippen molar-refractivity contribution in [2.75, 3.05) is 6.26 Å². The molecule has 0 aliphatic rings. The molecule has 0 aromatic rings. The highest BCUT2D eigenvalue weighted by molar-refractivity contribution is 7.86. The topological polar surface area (TPSA) is 49.7 Å². The lowest BCUT2D eigenvalue weighted by Gasteiger charge is -2.13. The van der Waals surface area contributed by atoms with E-state index in [1.165, 1.54) is 6.21 Å². The number of oxime groups is 1. The lowest BCUT2D eigenvalue weighted by Crippen LogP contribution is -2.27. The summed E-state index contributed by atoms with van der Waals surface area (Å²) in [5.41, 5.74) is 0. The van der Waals surface area contributed by atoms with Gasteiger partial charge < -0.3 is 5.21 Å². The minimum absolute atomic E-state index is 0.519. The van der Waals surface area contributed by atoms with Gasteiger partial charge in [0.2, 0.25) is 0 Å². The first-order valence-corrected chi connectivity index (χ1v) is 4.08. The number of hydrogen-bond acceptors (Lipinski definition) is 3. The molecule has 0 aliphatic carbocycles. The Bertz CT molecular complexity index is 142. The summed E-state index contributed by atoms with van der Waals surface area (Å²) < 4.78 is 10.2. The normalized spacial score (nSPS) is 16.3. The highest BCUT2D eigenvalue weighted by atomic mass is 32.2. The molecule has 0 bridgehead atoms. The van der Waals surface area contributed by atoms with E-state index in [0.29, 0.717) is 0 Å². The number of nitrogens with zero attached hydrogens (tertiary/aromatic N) is 1. The van der Waals surface area contributed by atoms with Crippen LogP contribution in [0.3, 0.4) is 0 Å². The van der Waals surface area contributed by atoms with E-state index in [4.69, 9.17) is 5.21 Å². The molecule has 9 heavy (non-hydrogen) atoms. The van der Waals surface area contributed by atoms with Crippen LogP contribution >= 0.6 is 0 Å². The van der Waals surface area contributed by atoms with Gasteiger partial charge in [0.15, 0.2) is 0 Å². The molecule has 1 atom stereocenters. The first-order valence-electron chi connectivity index (χ1n) is 2.53. The van der Waals surface area contributed by atoms with Crippen LogP contribution in [-0.4, -0.2) is 26.6 Å². The first-order chi connectivity index (χ1) is 4.00. The zero-order valence-electron chi connectivity index (χ0n) is 5.79. The third kappa shape index (κ3) is 2.60. The van der Waals surface area contributed by atoms with E-state index in [1.807, 2.05) is 0 Å². The molecule has 3 nitrogen and oxygen atoms in total. The van der Waals surface area contributed by atoms with Crippen LogP contribution in [0, 0.1) is 0 Å². The van der Waals surface area contributed by atoms with Gasteiger partial charge >= 0.3 is 0 Å². The van der Waals surface area contributed by atoms with E-state index < -0.39 is 15.5 Å². The van der Waals surface area contributed by atoms with E-state index in [0.717, 1.165) is 0 Å². The van der Waals surface area contributed by atoms with E-state index in [1.54, 1.807) is 20.1 Å². The van der Waals surface area contributed by atoms with Crippen molar-refractivity contribution in [3.63, 3.8) is 0 Å². The van der Waals surface area contributed by atoms with Crippen molar-refractivity contribution in [2.45, 2.75) is 18.6 Å². The van der Waals surface area contributed by atoms with E-state index in [9.17, 15) is 4.21 Å². The van der Waals surface area contributed by atoms with Gasteiger partial charge in [-0.2, -0.15) is 0 Å². The van der Waals surface area contributed by atoms with Gasteiger partial charge in [-0.3, -0.25) is 4.21 Å². The highest BCUT2D eigenvalue weighted by Crippen LogP contribution is 2.06. The maximum Gasteiger partial charge on any atom is 0.0783 e. The second-order valence-corrected chi connectivity index (χ2v) is 4.26. The second-order valence-electron chi connectivity index (χ2n) is 2.30. The summed E-state index contributed by atoms with van der Waals surface area (Å²) in [5.74, 6) is 0. The van der Waals surface area contributed by atoms with Gasteiger partial charge in [-0.25, -0.2) is 0 Å². The molecule has 0 aromatic carbocycles. The summed E-state index contributed by atoms with van der Waals surface area (Å²) in [6, 6.07) is 0. The molecular formula is C5H11NO2S. The van der Waals surface area contributed by atoms with Crippen LogP contribution in [0.2, 0.25) is 0 Å². The molecule has 0 heterocycles. The molecule has 0 saturated carbocycles. The summed E-state index contributed by atoms with van der Waals surface area (Å²) in [5, 5.41) is 10.9. The van der Waals surface area contributed by atoms with Gasteiger partial charge in [0, 0.05) is 17.1 Å². The van der Waals surface area contributed by atoms with Crippen molar-refractivity contribution in [3.8, 4) is 0 Å². The van der Waals surface area contributed by atoms with Crippen LogP contribution in [0.1, 0.15) is 13.8 Å². The zero-order valence-corrected chi connectivity index (χ0v) is 6.60. The monoisotopic (exact) mass is 149 g/mol. The molecule has 0 aliphatic heterocycles. The fraction of sp³-hybridized carbons (Fsp3) is 0.800. The van der Waals surface area contributed by atoms with E-state index in [-0.39, 0.29) is 0 Å². The third-order valence-corrected chi connectivity index (χ3v) is 2.70. The summed E-state index contributed by atoms with van der Waals surface area (Å²) >= 11 is 0. The third-order valence-electron chi connectivity index (χ3n) is 1.11. The molecule has 0 spiro atoms. The molecule has 0 saturated heterocycles. The predicted octanol–water partition coefficient (Wildman–Crippen LogP) is 0.604. The first kappa shape index (κ1) is 8.62. The molecule has 1 unspecified atom stereocenters. The van der Waals surface area contributed by atoms with E-state index in [2.05, 4.69) is 5.16 Å². The second kappa shape index (κ2) is 2.96. The minimum atomic E-state index is -0.985. The van der Waals surface area contributed by atoms with Crippen LogP contribution in [0.4, 0.5) is 0 Å². The van der Waals surface area contributed by atoms with Gasteiger partial charge in [0.25, 0.3) is 0 Å². The minimum Gasteiger partial charge on any atom is -0.411 e. The molecular weight excluding hydrogens is 138 g/mol. The summed E-state index contributed by atoms with van der Waals surface area (Å²) in [4.78, 5) is 0. The van der Waals surface area contributed by atoms with Crippen molar-refractivity contribution in [1.82, 2.24) is 0 Å². The van der Waals surface area contributed by atoms with Crippen molar-refractivity contribution in [1.29, 1.82) is 0 Å². The molecule has 54 valence electrons. The lowest BCUT2D eigenvalue weighted by atomic mass is 10.2. The van der Waals surface area contributed by atoms with Crippen LogP contribution < -0.4 is 0 Å². The Hall–Kier alpha value is -0.380. The van der Waals surface area contributed by atoms with Gasteiger partial charge in [-0.15, -0.1) is 5.16 Å². The Morgan fingerprint density at radius 3 is 2.22 bits per heavy atom. The number of hydrogen-bond donors (Lipinski definition) is 1. The average Bonchev–Trinajstić information content (AvgIpc) is 1.65.